The van der Waals surface area contributed by atoms with Crippen molar-refractivity contribution in [2.45, 2.75) is 114 Å². The smallest absolute Gasteiger partial charge is 0.319 e. The number of hydrogen-bond donors (Lipinski definition) is 7. The van der Waals surface area contributed by atoms with Gasteiger partial charge in [-0.3, -0.25) is 14.4 Å². The first-order chi connectivity index (χ1) is 33.0. The van der Waals surface area contributed by atoms with Crippen LogP contribution in [0.1, 0.15) is 76.2 Å². The molecule has 4 amide bonds. The molecule has 3 atom stereocenters. The Morgan fingerprint density at radius 3 is 2.37 bits per heavy atom. The SMILES string of the molecule is NC(=O)NCCC[C@H](NC(=O)C1(C(=O)O)CCC1)C(=O)Nc1ccc(COc2ccccc2-c2cc(N3C[C@H]4CC[C@H](C3)N4c3ccnc(OC4CC(OC5CCNCC5)C4)c3)c(N)nn2)cc1. The second-order valence-electron chi connectivity index (χ2n) is 18.6. The quantitative estimate of drug-likeness (QED) is 0.0509. The Morgan fingerprint density at radius 1 is 0.912 bits per heavy atom. The average molecular weight is 932 g/mol. The molecule has 3 saturated heterocycles. The van der Waals surface area contributed by atoms with Gasteiger partial charge >= 0.3 is 12.0 Å². The first kappa shape index (κ1) is 46.4. The molecule has 9 N–H and O–H groups in total. The number of nitrogens with two attached hydrogens (primary N) is 2. The number of carboxylic acid groups (broad SMARTS) is 1. The minimum atomic E-state index is -1.55. The van der Waals surface area contributed by atoms with Gasteiger partial charge in [0.05, 0.1) is 23.6 Å². The Hall–Kier alpha value is -6.73. The molecule has 2 aromatic heterocycles. The molecule has 2 saturated carbocycles. The van der Waals surface area contributed by atoms with Crippen LogP contribution in [-0.2, 0) is 25.7 Å². The van der Waals surface area contributed by atoms with Gasteiger partial charge in [-0.1, -0.05) is 30.7 Å². The van der Waals surface area contributed by atoms with E-state index in [0.29, 0.717) is 47.8 Å². The molecule has 19 nitrogen and oxygen atoms in total. The molecule has 5 fully saturated rings. The molecular formula is C49H61N11O8. The molecule has 0 unspecified atom stereocenters. The van der Waals surface area contributed by atoms with Crippen molar-refractivity contribution in [2.75, 3.05) is 53.6 Å². The number of amides is 4. The molecular weight excluding hydrogens is 871 g/mol. The Balaban J connectivity index is 0.801. The Kier molecular flexibility index (Phi) is 14.1. The van der Waals surface area contributed by atoms with Gasteiger partial charge in [-0.05, 0) is 106 Å². The van der Waals surface area contributed by atoms with Crippen molar-refractivity contribution in [3.63, 3.8) is 0 Å². The Bertz CT molecular complexity index is 2430. The summed E-state index contributed by atoms with van der Waals surface area (Å²) in [6.45, 7) is 3.98. The van der Waals surface area contributed by atoms with Crippen LogP contribution in [0.3, 0.4) is 0 Å². The number of aliphatic carboxylic acids is 1. The van der Waals surface area contributed by atoms with E-state index >= 15 is 0 Å². The fraction of sp³-hybridized carbons (Fsp3) is 0.490. The van der Waals surface area contributed by atoms with Gasteiger partial charge < -0.3 is 61.9 Å². The largest absolute Gasteiger partial charge is 0.488 e. The molecule has 360 valence electrons. The number of para-hydroxylation sites is 1. The summed E-state index contributed by atoms with van der Waals surface area (Å²) >= 11 is 0. The highest BCUT2D eigenvalue weighted by atomic mass is 16.5. The lowest BCUT2D eigenvalue weighted by Crippen LogP contribution is -2.55. The van der Waals surface area contributed by atoms with Crippen molar-refractivity contribution in [1.29, 1.82) is 0 Å². The van der Waals surface area contributed by atoms with E-state index in [-0.39, 0.29) is 56.7 Å². The van der Waals surface area contributed by atoms with Crippen molar-refractivity contribution >= 4 is 46.7 Å². The highest BCUT2D eigenvalue weighted by molar-refractivity contribution is 6.05. The van der Waals surface area contributed by atoms with Crippen molar-refractivity contribution in [2.24, 2.45) is 11.1 Å². The van der Waals surface area contributed by atoms with E-state index in [4.69, 9.17) is 25.7 Å². The number of benzene rings is 2. The number of piperidine rings is 1. The van der Waals surface area contributed by atoms with E-state index < -0.39 is 35.3 Å². The number of rotatable bonds is 19. The number of carbonyl (C=O) groups is 4. The lowest BCUT2D eigenvalue weighted by molar-refractivity contribution is -0.162. The summed E-state index contributed by atoms with van der Waals surface area (Å²) in [6.07, 6.45) is 10.1. The van der Waals surface area contributed by atoms with E-state index in [0.717, 1.165) is 87.2 Å². The molecule has 4 aromatic rings. The van der Waals surface area contributed by atoms with Crippen LogP contribution in [0.25, 0.3) is 11.3 Å². The summed E-state index contributed by atoms with van der Waals surface area (Å²) < 4.78 is 19.0. The number of ether oxygens (including phenoxy) is 3. The molecule has 3 aliphatic heterocycles. The zero-order valence-electron chi connectivity index (χ0n) is 38.1. The number of carboxylic acids is 1. The second kappa shape index (κ2) is 20.6. The number of nitrogens with one attached hydrogen (secondary N) is 4. The number of aromatic nitrogens is 3. The molecule has 9 rings (SSSR count). The van der Waals surface area contributed by atoms with Gasteiger partial charge in [0.1, 0.15) is 29.9 Å². The van der Waals surface area contributed by atoms with E-state index in [2.05, 4.69) is 58.4 Å². The van der Waals surface area contributed by atoms with E-state index in [1.807, 2.05) is 48.7 Å². The van der Waals surface area contributed by atoms with Crippen LogP contribution in [-0.4, -0.2) is 113 Å². The van der Waals surface area contributed by atoms with E-state index in [1.54, 1.807) is 12.1 Å². The third-order valence-electron chi connectivity index (χ3n) is 14.1. The van der Waals surface area contributed by atoms with Gasteiger partial charge in [-0.25, -0.2) is 9.78 Å². The summed E-state index contributed by atoms with van der Waals surface area (Å²) in [4.78, 5) is 59.1. The van der Waals surface area contributed by atoms with E-state index in [1.165, 1.54) is 0 Å². The standard InChI is InChI=1S/C49H61N11O8/c50-44-41(59-27-33-12-13-34(28-59)60(33)32-14-22-53-43(23-32)68-37-24-36(25-37)67-35-15-20-52-21-16-35)26-40(57-58-44)38-5-1-2-7-42(38)66-29-30-8-10-31(11-9-30)55-45(61)39(6-3-19-54-48(51)65)56-46(62)49(47(63)64)17-4-18-49/h1-2,5,7-11,14,22-23,26,33-37,39,52H,3-4,6,12-13,15-21,24-25,27-29H2,(H2,50,58)(H,55,61)(H,56,62)(H,63,64)(H3,51,54,65)/t33-,34-,36?,37?,39+/m1/s1. The maximum absolute atomic E-state index is 13.5. The predicted octanol–water partition coefficient (Wildman–Crippen LogP) is 4.36. The molecule has 2 aromatic carbocycles. The number of primary amides is 1. The molecule has 68 heavy (non-hydrogen) atoms. The first-order valence-electron chi connectivity index (χ1n) is 23.9. The highest BCUT2D eigenvalue weighted by Crippen LogP contribution is 2.42. The third-order valence-corrected chi connectivity index (χ3v) is 14.1. The Labute approximate surface area is 395 Å². The van der Waals surface area contributed by atoms with Gasteiger partial charge in [-0.15, -0.1) is 10.2 Å². The highest BCUT2D eigenvalue weighted by Gasteiger charge is 2.52. The van der Waals surface area contributed by atoms with Crippen LogP contribution in [0.2, 0.25) is 0 Å². The summed E-state index contributed by atoms with van der Waals surface area (Å²) in [7, 11) is 0. The van der Waals surface area contributed by atoms with Gasteiger partial charge in [-0.2, -0.15) is 0 Å². The number of pyridine rings is 1. The van der Waals surface area contributed by atoms with Gasteiger partial charge in [0.15, 0.2) is 5.82 Å². The van der Waals surface area contributed by atoms with Crippen molar-refractivity contribution in [3.05, 3.63) is 78.5 Å². The third kappa shape index (κ3) is 10.5. The normalized spacial score (nSPS) is 22.2. The van der Waals surface area contributed by atoms with Crippen LogP contribution in [0.4, 0.5) is 27.7 Å². The number of nitrogens with zero attached hydrogens (tertiary/aromatic N) is 5. The summed E-state index contributed by atoms with van der Waals surface area (Å²) in [6, 6.07) is 19.7. The molecule has 2 aliphatic carbocycles. The number of nitrogen functional groups attached to an aromatic ring is 1. The molecule has 0 spiro atoms. The minimum Gasteiger partial charge on any atom is -0.488 e. The molecule has 5 aliphatic rings. The van der Waals surface area contributed by atoms with E-state index in [9.17, 15) is 24.3 Å². The van der Waals surface area contributed by atoms with Crippen LogP contribution >= 0.6 is 0 Å². The zero-order valence-corrected chi connectivity index (χ0v) is 38.1. The average Bonchev–Trinajstić information content (AvgIpc) is 3.57. The van der Waals surface area contributed by atoms with Crippen molar-refractivity contribution in [1.82, 2.24) is 31.1 Å². The number of fused-ring (bicyclic) bond motifs is 2. The van der Waals surface area contributed by atoms with Crippen LogP contribution in [0.15, 0.2) is 72.9 Å². The summed E-state index contributed by atoms with van der Waals surface area (Å²) in [5, 5.41) is 30.0. The minimum absolute atomic E-state index is 0.119. The maximum Gasteiger partial charge on any atom is 0.319 e. The van der Waals surface area contributed by atoms with Gasteiger partial charge in [0, 0.05) is 73.8 Å². The topological polar surface area (TPSA) is 262 Å². The number of hydrogen-bond acceptors (Lipinski definition) is 14. The van der Waals surface area contributed by atoms with Crippen LogP contribution in [0, 0.1) is 5.41 Å². The number of urea groups is 1. The fourth-order valence-corrected chi connectivity index (χ4v) is 10.1. The lowest BCUT2D eigenvalue weighted by Gasteiger charge is -2.43. The molecule has 2 bridgehead atoms. The molecule has 19 heteroatoms. The molecule has 0 radical (unpaired) electrons. The van der Waals surface area contributed by atoms with Gasteiger partial charge in [0.2, 0.25) is 17.7 Å². The van der Waals surface area contributed by atoms with Crippen molar-refractivity contribution < 1.29 is 38.5 Å². The summed E-state index contributed by atoms with van der Waals surface area (Å²) in [5.41, 5.74) is 14.8. The van der Waals surface area contributed by atoms with Gasteiger partial charge in [0.25, 0.3) is 0 Å². The lowest BCUT2D eigenvalue weighted by atomic mass is 9.68. The fourth-order valence-electron chi connectivity index (χ4n) is 10.1. The Morgan fingerprint density at radius 2 is 1.66 bits per heavy atom. The maximum atomic E-state index is 13.5. The monoisotopic (exact) mass is 931 g/mol. The second-order valence-corrected chi connectivity index (χ2v) is 18.6. The number of carbonyl (C=O) groups excluding carboxylic acids is 3. The molecule has 5 heterocycles. The van der Waals surface area contributed by atoms with Crippen LogP contribution < -0.4 is 52.0 Å². The predicted molar refractivity (Wildman–Crippen MR) is 254 cm³/mol. The van der Waals surface area contributed by atoms with Crippen LogP contribution in [0.5, 0.6) is 11.6 Å². The zero-order chi connectivity index (χ0) is 47.2. The number of piperazine rings is 1. The van der Waals surface area contributed by atoms with Crippen molar-refractivity contribution in [3.8, 4) is 22.9 Å². The first-order valence-corrected chi connectivity index (χ1v) is 23.9. The summed E-state index contributed by atoms with van der Waals surface area (Å²) in [5.74, 6) is -0.792. The number of anilines is 4.